The van der Waals surface area contributed by atoms with Gasteiger partial charge in [-0.15, -0.1) is 0 Å². The van der Waals surface area contributed by atoms with Crippen molar-refractivity contribution in [1.29, 1.82) is 5.26 Å². The van der Waals surface area contributed by atoms with E-state index in [1.165, 1.54) is 17.0 Å². The molecule has 2 aromatic rings. The van der Waals surface area contributed by atoms with E-state index in [1.54, 1.807) is 43.4 Å². The molecule has 2 aromatic carbocycles. The van der Waals surface area contributed by atoms with Crippen molar-refractivity contribution in [1.82, 2.24) is 0 Å². The topological polar surface area (TPSA) is 44.1 Å². The molecule has 3 nitrogen and oxygen atoms in total. The Morgan fingerprint density at radius 2 is 1.95 bits per heavy atom. The molecule has 1 amide bonds. The maximum absolute atomic E-state index is 13.1. The SMILES string of the molecule is CN(C(=O)Cc1cccc(F)c1)c1ccc(C#N)cc1. The number of benzene rings is 2. The summed E-state index contributed by atoms with van der Waals surface area (Å²) in [5.41, 5.74) is 1.88. The molecule has 0 saturated carbocycles. The second-order valence-electron chi connectivity index (χ2n) is 4.42. The van der Waals surface area contributed by atoms with Crippen LogP contribution >= 0.6 is 0 Å². The Hall–Kier alpha value is -2.67. The van der Waals surface area contributed by atoms with E-state index >= 15 is 0 Å². The van der Waals surface area contributed by atoms with E-state index in [4.69, 9.17) is 5.26 Å². The Balaban J connectivity index is 2.10. The number of nitriles is 1. The fourth-order valence-corrected chi connectivity index (χ4v) is 1.84. The molecular formula is C16H13FN2O. The van der Waals surface area contributed by atoms with Gasteiger partial charge in [0.25, 0.3) is 0 Å². The summed E-state index contributed by atoms with van der Waals surface area (Å²) in [6.45, 7) is 0. The van der Waals surface area contributed by atoms with Crippen LogP contribution in [0.5, 0.6) is 0 Å². The third-order valence-electron chi connectivity index (χ3n) is 3.00. The second kappa shape index (κ2) is 5.98. The van der Waals surface area contributed by atoms with Crippen LogP contribution in [-0.4, -0.2) is 13.0 Å². The average molecular weight is 268 g/mol. The Morgan fingerprint density at radius 3 is 2.55 bits per heavy atom. The summed E-state index contributed by atoms with van der Waals surface area (Å²) in [6, 6.07) is 14.7. The minimum atomic E-state index is -0.351. The van der Waals surface area contributed by atoms with Crippen molar-refractivity contribution in [3.05, 3.63) is 65.5 Å². The molecule has 100 valence electrons. The van der Waals surface area contributed by atoms with Crippen LogP contribution in [0.25, 0.3) is 0 Å². The quantitative estimate of drug-likeness (QED) is 0.859. The molecule has 0 spiro atoms. The average Bonchev–Trinajstić information content (AvgIpc) is 2.46. The highest BCUT2D eigenvalue weighted by molar-refractivity contribution is 5.94. The van der Waals surface area contributed by atoms with E-state index in [0.29, 0.717) is 16.8 Å². The predicted octanol–water partition coefficient (Wildman–Crippen LogP) is 2.90. The minimum Gasteiger partial charge on any atom is -0.315 e. The van der Waals surface area contributed by atoms with Gasteiger partial charge in [0, 0.05) is 12.7 Å². The third-order valence-corrected chi connectivity index (χ3v) is 3.00. The maximum atomic E-state index is 13.1. The number of hydrogen-bond donors (Lipinski definition) is 0. The van der Waals surface area contributed by atoms with E-state index in [-0.39, 0.29) is 18.1 Å². The zero-order valence-electron chi connectivity index (χ0n) is 11.0. The van der Waals surface area contributed by atoms with Crippen molar-refractivity contribution in [2.75, 3.05) is 11.9 Å². The van der Waals surface area contributed by atoms with Gasteiger partial charge in [0.2, 0.25) is 5.91 Å². The van der Waals surface area contributed by atoms with Gasteiger partial charge >= 0.3 is 0 Å². The number of anilines is 1. The second-order valence-corrected chi connectivity index (χ2v) is 4.42. The molecule has 4 heteroatoms. The largest absolute Gasteiger partial charge is 0.315 e. The summed E-state index contributed by atoms with van der Waals surface area (Å²) < 4.78 is 13.1. The van der Waals surface area contributed by atoms with Crippen LogP contribution in [0.2, 0.25) is 0 Å². The van der Waals surface area contributed by atoms with Gasteiger partial charge in [-0.25, -0.2) is 4.39 Å². The highest BCUT2D eigenvalue weighted by Gasteiger charge is 2.12. The highest BCUT2D eigenvalue weighted by Crippen LogP contribution is 2.15. The molecule has 0 aliphatic carbocycles. The number of likely N-dealkylation sites (N-methyl/N-ethyl adjacent to an activating group) is 1. The lowest BCUT2D eigenvalue weighted by molar-refractivity contribution is -0.117. The van der Waals surface area contributed by atoms with Crippen molar-refractivity contribution in [3.63, 3.8) is 0 Å². The Morgan fingerprint density at radius 1 is 1.25 bits per heavy atom. The van der Waals surface area contributed by atoms with Crippen molar-refractivity contribution in [2.24, 2.45) is 0 Å². The highest BCUT2D eigenvalue weighted by atomic mass is 19.1. The van der Waals surface area contributed by atoms with Gasteiger partial charge in [-0.1, -0.05) is 12.1 Å². The van der Waals surface area contributed by atoms with Crippen LogP contribution in [0, 0.1) is 17.1 Å². The molecule has 0 aromatic heterocycles. The van der Waals surface area contributed by atoms with E-state index in [2.05, 4.69) is 0 Å². The summed E-state index contributed by atoms with van der Waals surface area (Å²) in [7, 11) is 1.66. The maximum Gasteiger partial charge on any atom is 0.231 e. The summed E-state index contributed by atoms with van der Waals surface area (Å²) >= 11 is 0. The summed E-state index contributed by atoms with van der Waals surface area (Å²) in [5, 5.41) is 8.73. The number of hydrogen-bond acceptors (Lipinski definition) is 2. The fourth-order valence-electron chi connectivity index (χ4n) is 1.84. The van der Waals surface area contributed by atoms with Gasteiger partial charge in [-0.2, -0.15) is 5.26 Å². The Kier molecular flexibility index (Phi) is 4.11. The molecule has 0 radical (unpaired) electrons. The van der Waals surface area contributed by atoms with E-state index in [9.17, 15) is 9.18 Å². The van der Waals surface area contributed by atoms with Crippen LogP contribution in [0.4, 0.5) is 10.1 Å². The first-order valence-electron chi connectivity index (χ1n) is 6.11. The lowest BCUT2D eigenvalue weighted by Crippen LogP contribution is -2.27. The first-order chi connectivity index (χ1) is 9.60. The van der Waals surface area contributed by atoms with Gasteiger partial charge < -0.3 is 4.90 Å². The summed E-state index contributed by atoms with van der Waals surface area (Å²) in [6.07, 6.45) is 0.133. The van der Waals surface area contributed by atoms with Crippen LogP contribution in [0.1, 0.15) is 11.1 Å². The van der Waals surface area contributed by atoms with Crippen molar-refractivity contribution >= 4 is 11.6 Å². The van der Waals surface area contributed by atoms with Crippen molar-refractivity contribution in [3.8, 4) is 6.07 Å². The number of carbonyl (C=O) groups is 1. The fraction of sp³-hybridized carbons (Fsp3) is 0.125. The normalized spacial score (nSPS) is 9.85. The van der Waals surface area contributed by atoms with Gasteiger partial charge in [0.1, 0.15) is 5.82 Å². The van der Waals surface area contributed by atoms with Crippen LogP contribution in [-0.2, 0) is 11.2 Å². The predicted molar refractivity (Wildman–Crippen MR) is 74.7 cm³/mol. The monoisotopic (exact) mass is 268 g/mol. The van der Waals surface area contributed by atoms with Crippen LogP contribution in [0.15, 0.2) is 48.5 Å². The van der Waals surface area contributed by atoms with E-state index < -0.39 is 0 Å². The molecule has 0 fully saturated rings. The molecule has 0 heterocycles. The molecule has 0 aliphatic rings. The Labute approximate surface area is 116 Å². The molecule has 0 N–H and O–H groups in total. The van der Waals surface area contributed by atoms with Crippen molar-refractivity contribution < 1.29 is 9.18 Å². The Bertz CT molecular complexity index is 659. The van der Waals surface area contributed by atoms with Gasteiger partial charge in [0.15, 0.2) is 0 Å². The lowest BCUT2D eigenvalue weighted by Gasteiger charge is -2.17. The summed E-state index contributed by atoms with van der Waals surface area (Å²) in [5.74, 6) is -0.489. The molecule has 0 aliphatic heterocycles. The van der Waals surface area contributed by atoms with Crippen LogP contribution in [0.3, 0.4) is 0 Å². The standard InChI is InChI=1S/C16H13FN2O/c1-19(15-7-5-12(11-18)6-8-15)16(20)10-13-3-2-4-14(17)9-13/h2-9H,10H2,1H3. The van der Waals surface area contributed by atoms with Gasteiger partial charge in [0.05, 0.1) is 18.1 Å². The third kappa shape index (κ3) is 3.21. The van der Waals surface area contributed by atoms with Gasteiger partial charge in [-0.05, 0) is 42.0 Å². The molecule has 0 saturated heterocycles. The molecule has 0 unspecified atom stereocenters. The number of nitrogens with zero attached hydrogens (tertiary/aromatic N) is 2. The van der Waals surface area contributed by atoms with E-state index in [1.807, 2.05) is 6.07 Å². The number of carbonyl (C=O) groups excluding carboxylic acids is 1. The number of halogens is 1. The molecule has 20 heavy (non-hydrogen) atoms. The van der Waals surface area contributed by atoms with E-state index in [0.717, 1.165) is 0 Å². The minimum absolute atomic E-state index is 0.133. The zero-order valence-corrected chi connectivity index (χ0v) is 11.0. The van der Waals surface area contributed by atoms with Crippen molar-refractivity contribution in [2.45, 2.75) is 6.42 Å². The molecule has 0 atom stereocenters. The smallest absolute Gasteiger partial charge is 0.231 e. The van der Waals surface area contributed by atoms with Crippen LogP contribution < -0.4 is 4.90 Å². The zero-order chi connectivity index (χ0) is 14.5. The summed E-state index contributed by atoms with van der Waals surface area (Å²) in [4.78, 5) is 13.6. The van der Waals surface area contributed by atoms with Gasteiger partial charge in [-0.3, -0.25) is 4.79 Å². The molecule has 0 bridgehead atoms. The number of rotatable bonds is 3. The first-order valence-corrected chi connectivity index (χ1v) is 6.11. The number of amides is 1. The molecular weight excluding hydrogens is 255 g/mol. The molecule has 2 rings (SSSR count). The first kappa shape index (κ1) is 13.8. The lowest BCUT2D eigenvalue weighted by atomic mass is 10.1.